The average molecular weight is 243 g/mol. The van der Waals surface area contributed by atoms with Crippen LogP contribution in [0, 0.1) is 0 Å². The first-order valence-corrected chi connectivity index (χ1v) is 5.53. The minimum atomic E-state index is -1.00. The molecule has 3 rings (SSSR count). The van der Waals surface area contributed by atoms with Crippen LogP contribution in [0.4, 0.5) is 0 Å². The molecule has 86 valence electrons. The number of phenolic OH excluding ortho intramolecular Hbond substituents is 1. The van der Waals surface area contributed by atoms with E-state index in [4.69, 9.17) is 21.1 Å². The minimum Gasteiger partial charge on any atom is -0.506 e. The van der Waals surface area contributed by atoms with Gasteiger partial charge in [-0.15, -0.1) is 0 Å². The lowest BCUT2D eigenvalue weighted by Gasteiger charge is -2.24. The monoisotopic (exact) mass is 242 g/mol. The summed E-state index contributed by atoms with van der Waals surface area (Å²) in [5, 5.41) is 20.2. The van der Waals surface area contributed by atoms with Gasteiger partial charge in [-0.2, -0.15) is 0 Å². The first-order chi connectivity index (χ1) is 7.62. The first-order valence-electron chi connectivity index (χ1n) is 5.16. The maximum absolute atomic E-state index is 10.1. The number of hydrogen-bond donors (Lipinski definition) is 2. The number of fused-ring (bicyclic) bond motifs is 1. The van der Waals surface area contributed by atoms with Crippen LogP contribution in [0.3, 0.4) is 0 Å². The van der Waals surface area contributed by atoms with E-state index in [-0.39, 0.29) is 10.8 Å². The number of benzene rings is 1. The molecule has 0 amide bonds. The lowest BCUT2D eigenvalue weighted by atomic mass is 10.0. The van der Waals surface area contributed by atoms with Gasteiger partial charge in [0.15, 0.2) is 11.5 Å². The quantitative estimate of drug-likeness (QED) is 0.788. The Balaban J connectivity index is 2.23. The Morgan fingerprint density at radius 2 is 1.94 bits per heavy atom. The first kappa shape index (κ1) is 10.1. The van der Waals surface area contributed by atoms with Crippen LogP contribution >= 0.6 is 11.6 Å². The van der Waals surface area contributed by atoms with E-state index in [9.17, 15) is 10.2 Å². The van der Waals surface area contributed by atoms with Crippen molar-refractivity contribution in [2.75, 3.05) is 13.2 Å². The Bertz CT molecular complexity index is 454. The third kappa shape index (κ3) is 1.33. The fourth-order valence-electron chi connectivity index (χ4n) is 1.95. The van der Waals surface area contributed by atoms with E-state index < -0.39 is 5.60 Å². The van der Waals surface area contributed by atoms with Gasteiger partial charge in [0.2, 0.25) is 0 Å². The maximum Gasteiger partial charge on any atom is 0.171 e. The standard InChI is InChI=1S/C11H11ClO4/c12-6-5-7-10(16-4-3-15-7)8(9(6)13)11(14)1-2-11/h5,13-14H,1-4H2. The van der Waals surface area contributed by atoms with Crippen molar-refractivity contribution in [3.8, 4) is 17.2 Å². The molecule has 0 saturated heterocycles. The van der Waals surface area contributed by atoms with Crippen molar-refractivity contribution in [2.24, 2.45) is 0 Å². The van der Waals surface area contributed by atoms with E-state index in [1.54, 1.807) is 0 Å². The molecule has 1 aromatic rings. The Labute approximate surface area is 97.4 Å². The van der Waals surface area contributed by atoms with Gasteiger partial charge in [-0.3, -0.25) is 0 Å². The summed E-state index contributed by atoms with van der Waals surface area (Å²) in [4.78, 5) is 0. The van der Waals surface area contributed by atoms with Gasteiger partial charge in [-0.1, -0.05) is 11.6 Å². The van der Waals surface area contributed by atoms with Gasteiger partial charge in [-0.05, 0) is 12.8 Å². The summed E-state index contributed by atoms with van der Waals surface area (Å²) in [6.45, 7) is 0.864. The zero-order valence-electron chi connectivity index (χ0n) is 8.49. The number of rotatable bonds is 1. The summed E-state index contributed by atoms with van der Waals surface area (Å²) >= 11 is 5.89. The predicted molar refractivity (Wildman–Crippen MR) is 57.2 cm³/mol. The molecule has 1 heterocycles. The number of phenols is 1. The summed E-state index contributed by atoms with van der Waals surface area (Å²) < 4.78 is 10.8. The minimum absolute atomic E-state index is 0.106. The average Bonchev–Trinajstić information content (AvgIpc) is 2.99. The molecule has 1 aromatic carbocycles. The number of hydrogen-bond acceptors (Lipinski definition) is 4. The van der Waals surface area contributed by atoms with Gasteiger partial charge in [0, 0.05) is 6.07 Å². The third-order valence-corrected chi connectivity index (χ3v) is 3.24. The van der Waals surface area contributed by atoms with E-state index in [1.165, 1.54) is 6.07 Å². The molecule has 0 unspecified atom stereocenters. The molecular formula is C11H11ClO4. The van der Waals surface area contributed by atoms with E-state index >= 15 is 0 Å². The van der Waals surface area contributed by atoms with Crippen LogP contribution in [0.25, 0.3) is 0 Å². The zero-order valence-corrected chi connectivity index (χ0v) is 9.25. The van der Waals surface area contributed by atoms with Crippen LogP contribution < -0.4 is 9.47 Å². The lowest BCUT2D eigenvalue weighted by molar-refractivity contribution is 0.127. The summed E-state index contributed by atoms with van der Waals surface area (Å²) in [5.41, 5.74) is -0.630. The summed E-state index contributed by atoms with van der Waals surface area (Å²) in [5.74, 6) is 0.809. The van der Waals surface area contributed by atoms with Crippen molar-refractivity contribution < 1.29 is 19.7 Å². The molecule has 2 N–H and O–H groups in total. The molecule has 2 aliphatic rings. The highest BCUT2D eigenvalue weighted by Crippen LogP contribution is 2.56. The second-order valence-electron chi connectivity index (χ2n) is 4.14. The number of halogens is 1. The Kier molecular flexibility index (Phi) is 2.00. The fraction of sp³-hybridized carbons (Fsp3) is 0.455. The van der Waals surface area contributed by atoms with Crippen molar-refractivity contribution in [3.63, 3.8) is 0 Å². The largest absolute Gasteiger partial charge is 0.506 e. The van der Waals surface area contributed by atoms with Crippen molar-refractivity contribution in [2.45, 2.75) is 18.4 Å². The van der Waals surface area contributed by atoms with Crippen LogP contribution in [0.15, 0.2) is 6.07 Å². The lowest BCUT2D eigenvalue weighted by Crippen LogP contribution is -2.19. The second-order valence-corrected chi connectivity index (χ2v) is 4.54. The summed E-state index contributed by atoms with van der Waals surface area (Å²) in [6.07, 6.45) is 1.22. The molecule has 1 aliphatic heterocycles. The molecule has 1 aliphatic carbocycles. The smallest absolute Gasteiger partial charge is 0.171 e. The van der Waals surface area contributed by atoms with Crippen LogP contribution in [0.1, 0.15) is 18.4 Å². The van der Waals surface area contributed by atoms with Crippen molar-refractivity contribution in [1.82, 2.24) is 0 Å². The molecule has 0 atom stereocenters. The van der Waals surface area contributed by atoms with E-state index in [2.05, 4.69) is 0 Å². The Morgan fingerprint density at radius 3 is 2.62 bits per heavy atom. The second kappa shape index (κ2) is 3.18. The number of ether oxygens (including phenoxy) is 2. The summed E-state index contributed by atoms with van der Waals surface area (Å²) in [6, 6.07) is 1.51. The highest BCUT2D eigenvalue weighted by Gasteiger charge is 2.48. The zero-order chi connectivity index (χ0) is 11.3. The SMILES string of the molecule is Oc1c(Cl)cc2c(c1C1(O)CC1)OCCO2. The van der Waals surface area contributed by atoms with Gasteiger partial charge in [0.25, 0.3) is 0 Å². The van der Waals surface area contributed by atoms with Gasteiger partial charge in [-0.25, -0.2) is 0 Å². The van der Waals surface area contributed by atoms with Gasteiger partial charge < -0.3 is 19.7 Å². The van der Waals surface area contributed by atoms with Crippen LogP contribution in [-0.2, 0) is 5.60 Å². The highest BCUT2D eigenvalue weighted by atomic mass is 35.5. The molecule has 0 radical (unpaired) electrons. The molecule has 4 nitrogen and oxygen atoms in total. The highest BCUT2D eigenvalue weighted by molar-refractivity contribution is 6.32. The molecule has 0 aromatic heterocycles. The molecule has 5 heteroatoms. The van der Waals surface area contributed by atoms with Crippen molar-refractivity contribution in [1.29, 1.82) is 0 Å². The molecule has 0 bridgehead atoms. The van der Waals surface area contributed by atoms with E-state index in [0.717, 1.165) is 0 Å². The summed E-state index contributed by atoms with van der Waals surface area (Å²) in [7, 11) is 0. The number of aromatic hydroxyl groups is 1. The molecule has 16 heavy (non-hydrogen) atoms. The van der Waals surface area contributed by atoms with Crippen molar-refractivity contribution in [3.05, 3.63) is 16.7 Å². The third-order valence-electron chi connectivity index (χ3n) is 2.95. The fourth-order valence-corrected chi connectivity index (χ4v) is 2.14. The van der Waals surface area contributed by atoms with E-state index in [1.807, 2.05) is 0 Å². The molecule has 1 fully saturated rings. The van der Waals surface area contributed by atoms with Crippen molar-refractivity contribution >= 4 is 11.6 Å². The predicted octanol–water partition coefficient (Wildman–Crippen LogP) is 1.80. The van der Waals surface area contributed by atoms with E-state index in [0.29, 0.717) is 43.1 Å². The van der Waals surface area contributed by atoms with Gasteiger partial charge >= 0.3 is 0 Å². The Hall–Kier alpha value is -1.13. The van der Waals surface area contributed by atoms with Gasteiger partial charge in [0.1, 0.15) is 19.0 Å². The van der Waals surface area contributed by atoms with Crippen LogP contribution in [0.5, 0.6) is 17.2 Å². The topological polar surface area (TPSA) is 58.9 Å². The maximum atomic E-state index is 10.1. The van der Waals surface area contributed by atoms with Crippen LogP contribution in [0.2, 0.25) is 5.02 Å². The molecular weight excluding hydrogens is 232 g/mol. The Morgan fingerprint density at radius 1 is 1.25 bits per heavy atom. The normalized spacial score (nSPS) is 20.6. The molecule has 1 saturated carbocycles. The molecule has 0 spiro atoms. The van der Waals surface area contributed by atoms with Crippen LogP contribution in [-0.4, -0.2) is 23.4 Å². The number of aliphatic hydroxyl groups is 1. The van der Waals surface area contributed by atoms with Gasteiger partial charge in [0.05, 0.1) is 16.2 Å².